The standard InChI is InChI=1S/C27H35NO6S/c1-17-9-10-21(23(15-17)34-18(2)29)26(30)28(20-11-13-33-14-12-20)22-16-24(19-7-5-4-6-8-19)35-25(22)27(31)32-3/h4-8,17,20-21,23-24H,9-16H2,1-3H3/t17?,21?,23-,24?/m0/s1. The fraction of sp³-hybridized carbons (Fsp3) is 0.593. The number of nitrogens with zero attached hydrogens (tertiary/aromatic N) is 1. The van der Waals surface area contributed by atoms with Gasteiger partial charge in [0.2, 0.25) is 5.91 Å². The normalized spacial score (nSPS) is 27.4. The van der Waals surface area contributed by atoms with Crippen molar-refractivity contribution in [1.29, 1.82) is 0 Å². The largest absolute Gasteiger partial charge is 0.465 e. The van der Waals surface area contributed by atoms with Gasteiger partial charge in [0.15, 0.2) is 0 Å². The average molecular weight is 502 g/mol. The summed E-state index contributed by atoms with van der Waals surface area (Å²) in [6.45, 7) is 4.66. The fourth-order valence-electron chi connectivity index (χ4n) is 5.45. The van der Waals surface area contributed by atoms with Crippen molar-refractivity contribution in [2.75, 3.05) is 20.3 Å². The van der Waals surface area contributed by atoms with E-state index in [4.69, 9.17) is 14.2 Å². The molecule has 1 saturated heterocycles. The molecule has 1 aliphatic carbocycles. The summed E-state index contributed by atoms with van der Waals surface area (Å²) in [5.41, 5.74) is 1.84. The molecule has 1 amide bonds. The Morgan fingerprint density at radius 2 is 1.77 bits per heavy atom. The Morgan fingerprint density at radius 1 is 1.06 bits per heavy atom. The van der Waals surface area contributed by atoms with E-state index in [-0.39, 0.29) is 23.2 Å². The average Bonchev–Trinajstić information content (AvgIpc) is 3.29. The lowest BCUT2D eigenvalue weighted by Gasteiger charge is -2.41. The van der Waals surface area contributed by atoms with Crippen LogP contribution in [0.1, 0.15) is 63.2 Å². The highest BCUT2D eigenvalue weighted by Gasteiger charge is 2.44. The molecule has 4 atom stereocenters. The number of hydrogen-bond donors (Lipinski definition) is 0. The van der Waals surface area contributed by atoms with Gasteiger partial charge in [-0.3, -0.25) is 9.59 Å². The Hall–Kier alpha value is -2.32. The summed E-state index contributed by atoms with van der Waals surface area (Å²) in [5, 5.41) is 0.0195. The predicted molar refractivity (Wildman–Crippen MR) is 133 cm³/mol. The number of allylic oxidation sites excluding steroid dienone is 1. The van der Waals surface area contributed by atoms with Crippen LogP contribution in [0.2, 0.25) is 0 Å². The van der Waals surface area contributed by atoms with Crippen molar-refractivity contribution in [1.82, 2.24) is 4.90 Å². The number of benzene rings is 1. The third-order valence-electron chi connectivity index (χ3n) is 7.22. The minimum Gasteiger partial charge on any atom is -0.465 e. The summed E-state index contributed by atoms with van der Waals surface area (Å²) in [6, 6.07) is 9.97. The van der Waals surface area contributed by atoms with Gasteiger partial charge in [0.25, 0.3) is 0 Å². The molecular weight excluding hydrogens is 466 g/mol. The first-order valence-electron chi connectivity index (χ1n) is 12.5. The number of carbonyl (C=O) groups is 3. The molecule has 2 heterocycles. The molecule has 190 valence electrons. The van der Waals surface area contributed by atoms with Gasteiger partial charge in [0, 0.05) is 43.5 Å². The highest BCUT2D eigenvalue weighted by atomic mass is 32.2. The van der Waals surface area contributed by atoms with Gasteiger partial charge >= 0.3 is 11.9 Å². The molecule has 3 aliphatic rings. The summed E-state index contributed by atoms with van der Waals surface area (Å²) in [6.07, 6.45) is 3.74. The first-order valence-corrected chi connectivity index (χ1v) is 13.4. The fourth-order valence-corrected chi connectivity index (χ4v) is 6.77. The Balaban J connectivity index is 1.70. The Bertz CT molecular complexity index is 958. The number of amides is 1. The molecule has 0 bridgehead atoms. The molecule has 35 heavy (non-hydrogen) atoms. The molecule has 0 spiro atoms. The molecule has 1 saturated carbocycles. The summed E-state index contributed by atoms with van der Waals surface area (Å²) < 4.78 is 16.4. The number of hydrogen-bond acceptors (Lipinski definition) is 7. The monoisotopic (exact) mass is 501 g/mol. The lowest BCUT2D eigenvalue weighted by atomic mass is 9.79. The van der Waals surface area contributed by atoms with Gasteiger partial charge in [-0.15, -0.1) is 11.8 Å². The Morgan fingerprint density at radius 3 is 2.43 bits per heavy atom. The van der Waals surface area contributed by atoms with Gasteiger partial charge in [-0.1, -0.05) is 37.3 Å². The third kappa shape index (κ3) is 5.92. The van der Waals surface area contributed by atoms with Gasteiger partial charge < -0.3 is 19.1 Å². The lowest BCUT2D eigenvalue weighted by molar-refractivity contribution is -0.158. The maximum atomic E-state index is 14.3. The summed E-state index contributed by atoms with van der Waals surface area (Å²) in [5.74, 6) is -0.878. The molecule has 7 nitrogen and oxygen atoms in total. The molecule has 0 N–H and O–H groups in total. The van der Waals surface area contributed by atoms with E-state index in [0.717, 1.165) is 17.7 Å². The highest BCUT2D eigenvalue weighted by molar-refractivity contribution is 8.04. The minimum atomic E-state index is -0.452. The zero-order chi connectivity index (χ0) is 24.9. The van der Waals surface area contributed by atoms with Crippen LogP contribution in [0, 0.1) is 11.8 Å². The number of rotatable bonds is 6. The second kappa shape index (κ2) is 11.6. The molecule has 3 unspecified atom stereocenters. The van der Waals surface area contributed by atoms with Crippen LogP contribution in [0.5, 0.6) is 0 Å². The van der Waals surface area contributed by atoms with Gasteiger partial charge in [-0.25, -0.2) is 4.79 Å². The molecule has 2 aliphatic heterocycles. The molecular formula is C27H35NO6S. The van der Waals surface area contributed by atoms with Gasteiger partial charge in [0.1, 0.15) is 11.0 Å². The van der Waals surface area contributed by atoms with Crippen molar-refractivity contribution >= 4 is 29.6 Å². The van der Waals surface area contributed by atoms with E-state index in [9.17, 15) is 14.4 Å². The SMILES string of the molecule is COC(=O)C1=C(N(C(=O)C2CCC(C)C[C@@H]2OC(C)=O)C2CCOCC2)CC(c2ccccc2)S1. The number of carbonyl (C=O) groups excluding carboxylic acids is 3. The maximum absolute atomic E-state index is 14.3. The number of methoxy groups -OCH3 is 1. The van der Waals surface area contributed by atoms with E-state index >= 15 is 0 Å². The highest BCUT2D eigenvalue weighted by Crippen LogP contribution is 2.50. The van der Waals surface area contributed by atoms with E-state index in [1.807, 2.05) is 23.1 Å². The van der Waals surface area contributed by atoms with Gasteiger partial charge in [-0.2, -0.15) is 0 Å². The number of esters is 2. The van der Waals surface area contributed by atoms with Crippen LogP contribution >= 0.6 is 11.8 Å². The van der Waals surface area contributed by atoms with Crippen LogP contribution in [0.25, 0.3) is 0 Å². The Kier molecular flexibility index (Phi) is 8.55. The second-order valence-electron chi connectivity index (χ2n) is 9.71. The second-order valence-corrected chi connectivity index (χ2v) is 10.9. The smallest absolute Gasteiger partial charge is 0.346 e. The summed E-state index contributed by atoms with van der Waals surface area (Å²) >= 11 is 1.47. The third-order valence-corrected chi connectivity index (χ3v) is 8.58. The number of ether oxygens (including phenoxy) is 3. The van der Waals surface area contributed by atoms with Crippen molar-refractivity contribution in [2.24, 2.45) is 11.8 Å². The van der Waals surface area contributed by atoms with Crippen molar-refractivity contribution in [3.63, 3.8) is 0 Å². The molecule has 1 aromatic rings. The van der Waals surface area contributed by atoms with Crippen molar-refractivity contribution in [2.45, 2.75) is 69.8 Å². The van der Waals surface area contributed by atoms with Crippen LogP contribution in [-0.4, -0.2) is 55.2 Å². The first-order chi connectivity index (χ1) is 16.9. The van der Waals surface area contributed by atoms with Gasteiger partial charge in [-0.05, 0) is 43.6 Å². The topological polar surface area (TPSA) is 82.1 Å². The van der Waals surface area contributed by atoms with Crippen LogP contribution in [0.4, 0.5) is 0 Å². The van der Waals surface area contributed by atoms with E-state index in [1.165, 1.54) is 25.8 Å². The van der Waals surface area contributed by atoms with Crippen molar-refractivity contribution in [3.8, 4) is 0 Å². The quantitative estimate of drug-likeness (QED) is 0.526. The van der Waals surface area contributed by atoms with E-state index in [1.54, 1.807) is 0 Å². The Labute approximate surface area is 211 Å². The van der Waals surface area contributed by atoms with Crippen LogP contribution in [0.3, 0.4) is 0 Å². The zero-order valence-electron chi connectivity index (χ0n) is 20.7. The van der Waals surface area contributed by atoms with E-state index in [2.05, 4.69) is 19.1 Å². The summed E-state index contributed by atoms with van der Waals surface area (Å²) in [4.78, 5) is 41.4. The van der Waals surface area contributed by atoms with Crippen LogP contribution in [0.15, 0.2) is 40.9 Å². The molecule has 1 aromatic carbocycles. The molecule has 0 radical (unpaired) electrons. The molecule has 4 rings (SSSR count). The predicted octanol–water partition coefficient (Wildman–Crippen LogP) is 4.62. The summed E-state index contributed by atoms with van der Waals surface area (Å²) in [7, 11) is 1.38. The molecule has 8 heteroatoms. The maximum Gasteiger partial charge on any atom is 0.346 e. The number of thioether (sulfide) groups is 1. The lowest BCUT2D eigenvalue weighted by Crippen LogP contribution is -2.50. The van der Waals surface area contributed by atoms with Crippen LogP contribution < -0.4 is 0 Å². The van der Waals surface area contributed by atoms with Crippen molar-refractivity contribution in [3.05, 3.63) is 46.5 Å². The van der Waals surface area contributed by atoms with E-state index in [0.29, 0.717) is 56.1 Å². The zero-order valence-corrected chi connectivity index (χ0v) is 21.6. The minimum absolute atomic E-state index is 0.0195. The van der Waals surface area contributed by atoms with Gasteiger partial charge in [0.05, 0.1) is 13.0 Å². The molecule has 0 aromatic heterocycles. The first kappa shape index (κ1) is 25.8. The van der Waals surface area contributed by atoms with Crippen LogP contribution in [-0.2, 0) is 28.6 Å². The molecule has 2 fully saturated rings. The van der Waals surface area contributed by atoms with E-state index < -0.39 is 18.0 Å². The van der Waals surface area contributed by atoms with Crippen molar-refractivity contribution < 1.29 is 28.6 Å².